The van der Waals surface area contributed by atoms with Gasteiger partial charge in [-0.1, -0.05) is 37.3 Å². The number of carbonyl (C=O) groups is 1. The summed E-state index contributed by atoms with van der Waals surface area (Å²) in [5.74, 6) is -0.155. The fourth-order valence-electron chi connectivity index (χ4n) is 1.66. The number of hydrogen-bond donors (Lipinski definition) is 2. The van der Waals surface area contributed by atoms with Crippen molar-refractivity contribution in [2.24, 2.45) is 5.73 Å². The molecular formula is C14H22N2O2S. The maximum Gasteiger partial charge on any atom is 0.237 e. The van der Waals surface area contributed by atoms with Gasteiger partial charge in [0.25, 0.3) is 0 Å². The Labute approximate surface area is 117 Å². The van der Waals surface area contributed by atoms with Gasteiger partial charge in [-0.15, -0.1) is 0 Å². The van der Waals surface area contributed by atoms with Crippen LogP contribution in [-0.2, 0) is 22.0 Å². The molecule has 0 aliphatic carbocycles. The maximum absolute atomic E-state index is 11.8. The van der Waals surface area contributed by atoms with Gasteiger partial charge in [0, 0.05) is 28.9 Å². The lowest BCUT2D eigenvalue weighted by Crippen LogP contribution is -2.42. The van der Waals surface area contributed by atoms with E-state index in [0.717, 1.165) is 5.56 Å². The zero-order valence-electron chi connectivity index (χ0n) is 11.5. The third kappa shape index (κ3) is 5.98. The molecule has 0 aromatic heterocycles. The molecule has 1 aromatic rings. The number of rotatable bonds is 7. The molecule has 0 saturated carbocycles. The zero-order valence-corrected chi connectivity index (χ0v) is 12.3. The third-order valence-corrected chi connectivity index (χ3v) is 4.42. The molecule has 1 rings (SSSR count). The average molecular weight is 282 g/mol. The lowest BCUT2D eigenvalue weighted by molar-refractivity contribution is -0.122. The second kappa shape index (κ2) is 8.07. The highest BCUT2D eigenvalue weighted by molar-refractivity contribution is 7.84. The summed E-state index contributed by atoms with van der Waals surface area (Å²) >= 11 is 0. The van der Waals surface area contributed by atoms with Crippen molar-refractivity contribution in [2.75, 3.05) is 12.8 Å². The molecule has 106 valence electrons. The van der Waals surface area contributed by atoms with Gasteiger partial charge in [0.1, 0.15) is 0 Å². The van der Waals surface area contributed by atoms with Crippen molar-refractivity contribution in [2.45, 2.75) is 31.1 Å². The minimum atomic E-state index is -0.850. The summed E-state index contributed by atoms with van der Waals surface area (Å²) in [5, 5.41) is 2.88. The van der Waals surface area contributed by atoms with Gasteiger partial charge in [0.05, 0.1) is 6.04 Å². The number of carbonyl (C=O) groups excluding carboxylic acids is 1. The topological polar surface area (TPSA) is 72.2 Å². The molecular weight excluding hydrogens is 260 g/mol. The summed E-state index contributed by atoms with van der Waals surface area (Å²) in [7, 11) is -0.850. The first-order valence-electron chi connectivity index (χ1n) is 6.40. The second-order valence-electron chi connectivity index (χ2n) is 4.69. The van der Waals surface area contributed by atoms with Gasteiger partial charge in [-0.2, -0.15) is 0 Å². The number of benzene rings is 1. The van der Waals surface area contributed by atoms with E-state index in [9.17, 15) is 9.00 Å². The van der Waals surface area contributed by atoms with Gasteiger partial charge in [-0.25, -0.2) is 0 Å². The average Bonchev–Trinajstić information content (AvgIpc) is 2.39. The smallest absolute Gasteiger partial charge is 0.237 e. The molecule has 1 aromatic carbocycles. The van der Waals surface area contributed by atoms with Crippen LogP contribution in [-0.4, -0.2) is 34.2 Å². The minimum Gasteiger partial charge on any atom is -0.355 e. The monoisotopic (exact) mass is 282 g/mol. The highest BCUT2D eigenvalue weighted by Crippen LogP contribution is 2.02. The van der Waals surface area contributed by atoms with Gasteiger partial charge in [-0.05, 0) is 18.4 Å². The van der Waals surface area contributed by atoms with E-state index in [1.54, 1.807) is 6.26 Å². The van der Waals surface area contributed by atoms with E-state index in [-0.39, 0.29) is 11.2 Å². The van der Waals surface area contributed by atoms with Gasteiger partial charge >= 0.3 is 0 Å². The number of amides is 1. The van der Waals surface area contributed by atoms with Crippen molar-refractivity contribution in [3.8, 4) is 0 Å². The SMILES string of the molecule is CC(CCNC(=O)C(N)Cc1ccccc1)S(C)=O. The Kier molecular flexibility index (Phi) is 6.73. The van der Waals surface area contributed by atoms with E-state index in [1.807, 2.05) is 37.3 Å². The molecule has 3 N–H and O–H groups in total. The first-order chi connectivity index (χ1) is 9.00. The van der Waals surface area contributed by atoms with Crippen LogP contribution in [0.2, 0.25) is 0 Å². The van der Waals surface area contributed by atoms with Gasteiger partial charge in [0.15, 0.2) is 0 Å². The molecule has 0 saturated heterocycles. The highest BCUT2D eigenvalue weighted by atomic mass is 32.2. The molecule has 4 nitrogen and oxygen atoms in total. The molecule has 19 heavy (non-hydrogen) atoms. The van der Waals surface area contributed by atoms with Crippen molar-refractivity contribution >= 4 is 16.7 Å². The Morgan fingerprint density at radius 2 is 2.00 bits per heavy atom. The third-order valence-electron chi connectivity index (χ3n) is 3.05. The van der Waals surface area contributed by atoms with Crippen molar-refractivity contribution in [1.82, 2.24) is 5.32 Å². The minimum absolute atomic E-state index is 0.0886. The van der Waals surface area contributed by atoms with Crippen LogP contribution < -0.4 is 11.1 Å². The normalized spacial score (nSPS) is 15.5. The lowest BCUT2D eigenvalue weighted by Gasteiger charge is -2.13. The first kappa shape index (κ1) is 15.9. The van der Waals surface area contributed by atoms with E-state index < -0.39 is 16.8 Å². The molecule has 0 fully saturated rings. The Balaban J connectivity index is 2.31. The van der Waals surface area contributed by atoms with Crippen molar-refractivity contribution < 1.29 is 9.00 Å². The second-order valence-corrected chi connectivity index (χ2v) is 6.49. The van der Waals surface area contributed by atoms with E-state index in [2.05, 4.69) is 5.32 Å². The number of hydrogen-bond acceptors (Lipinski definition) is 3. The molecule has 3 unspecified atom stereocenters. The predicted molar refractivity (Wildman–Crippen MR) is 79.3 cm³/mol. The summed E-state index contributed by atoms with van der Waals surface area (Å²) in [6.07, 6.45) is 2.91. The zero-order chi connectivity index (χ0) is 14.3. The van der Waals surface area contributed by atoms with Crippen molar-refractivity contribution in [3.05, 3.63) is 35.9 Å². The van der Waals surface area contributed by atoms with Crippen LogP contribution in [0.25, 0.3) is 0 Å². The van der Waals surface area contributed by atoms with Gasteiger partial charge in [0.2, 0.25) is 5.91 Å². The standard InChI is InChI=1S/C14H22N2O2S/c1-11(19(2)18)8-9-16-14(17)13(15)10-12-6-4-3-5-7-12/h3-7,11,13H,8-10,15H2,1-2H3,(H,16,17). The van der Waals surface area contributed by atoms with Crippen LogP contribution in [0.3, 0.4) is 0 Å². The maximum atomic E-state index is 11.8. The van der Waals surface area contributed by atoms with E-state index in [0.29, 0.717) is 19.4 Å². The van der Waals surface area contributed by atoms with Crippen LogP contribution in [0.1, 0.15) is 18.9 Å². The molecule has 0 spiro atoms. The van der Waals surface area contributed by atoms with E-state index >= 15 is 0 Å². The van der Waals surface area contributed by atoms with Crippen molar-refractivity contribution in [1.29, 1.82) is 0 Å². The van der Waals surface area contributed by atoms with Crippen LogP contribution in [0.5, 0.6) is 0 Å². The lowest BCUT2D eigenvalue weighted by atomic mass is 10.1. The fraction of sp³-hybridized carbons (Fsp3) is 0.500. The largest absolute Gasteiger partial charge is 0.355 e. The highest BCUT2D eigenvalue weighted by Gasteiger charge is 2.14. The van der Waals surface area contributed by atoms with Crippen LogP contribution in [0, 0.1) is 0 Å². The Bertz CT molecular complexity index is 423. The van der Waals surface area contributed by atoms with Crippen LogP contribution in [0.4, 0.5) is 0 Å². The Morgan fingerprint density at radius 1 is 1.37 bits per heavy atom. The van der Waals surface area contributed by atoms with Gasteiger partial charge < -0.3 is 11.1 Å². The molecule has 5 heteroatoms. The Morgan fingerprint density at radius 3 is 2.58 bits per heavy atom. The fourth-order valence-corrected chi connectivity index (χ4v) is 2.11. The molecule has 0 radical (unpaired) electrons. The first-order valence-corrected chi connectivity index (χ1v) is 8.02. The molecule has 1 amide bonds. The molecule has 0 bridgehead atoms. The number of nitrogens with two attached hydrogens (primary N) is 1. The summed E-state index contributed by atoms with van der Waals surface area (Å²) in [5.41, 5.74) is 6.90. The van der Waals surface area contributed by atoms with Crippen LogP contribution in [0.15, 0.2) is 30.3 Å². The molecule has 3 atom stereocenters. The Hall–Kier alpha value is -1.20. The van der Waals surface area contributed by atoms with E-state index in [1.165, 1.54) is 0 Å². The van der Waals surface area contributed by atoms with Crippen molar-refractivity contribution in [3.63, 3.8) is 0 Å². The molecule has 0 heterocycles. The summed E-state index contributed by atoms with van der Waals surface area (Å²) in [4.78, 5) is 11.8. The van der Waals surface area contributed by atoms with Gasteiger partial charge in [-0.3, -0.25) is 9.00 Å². The summed E-state index contributed by atoms with van der Waals surface area (Å²) < 4.78 is 11.2. The van der Waals surface area contributed by atoms with E-state index in [4.69, 9.17) is 5.73 Å². The molecule has 0 aliphatic heterocycles. The summed E-state index contributed by atoms with van der Waals surface area (Å²) in [6, 6.07) is 9.16. The quantitative estimate of drug-likeness (QED) is 0.778. The molecule has 0 aliphatic rings. The van der Waals surface area contributed by atoms with Crippen LogP contribution >= 0.6 is 0 Å². The number of nitrogens with one attached hydrogen (secondary N) is 1. The summed E-state index contributed by atoms with van der Waals surface area (Å²) in [6.45, 7) is 2.42. The predicted octanol–water partition coefficient (Wildman–Crippen LogP) is 0.830.